The number of nitro benzene ring substituents is 1. The topological polar surface area (TPSA) is 149 Å². The summed E-state index contributed by atoms with van der Waals surface area (Å²) in [5.74, 6) is -3.27. The third-order valence-electron chi connectivity index (χ3n) is 6.01. The fourth-order valence-electron chi connectivity index (χ4n) is 4.17. The van der Waals surface area contributed by atoms with Crippen LogP contribution in [0.25, 0.3) is 0 Å². The molecule has 0 aliphatic carbocycles. The van der Waals surface area contributed by atoms with E-state index in [-0.39, 0.29) is 17.2 Å². The SMILES string of the molecule is Nc1cccc(Sc2cc(C(=O)N3CC[NH2+]CC3)c([N+](=O)[O-])cc2N2CCCCC2)c1.O=C([O-])C(F)(F)F. The Balaban J connectivity index is 0.000000505. The maximum Gasteiger partial charge on any atom is 0.430 e. The summed E-state index contributed by atoms with van der Waals surface area (Å²) < 4.78 is 31.5. The van der Waals surface area contributed by atoms with E-state index in [1.807, 2.05) is 24.3 Å². The molecule has 2 saturated heterocycles. The number of carbonyl (C=O) groups is 2. The number of hydrogen-bond acceptors (Lipinski definition) is 8. The van der Waals surface area contributed by atoms with E-state index in [9.17, 15) is 28.1 Å². The number of aliphatic carboxylic acids is 1. The number of piperidine rings is 1. The molecule has 14 heteroatoms. The number of piperazine rings is 1. The molecule has 2 fully saturated rings. The van der Waals surface area contributed by atoms with E-state index in [1.165, 1.54) is 18.2 Å². The van der Waals surface area contributed by atoms with Crippen molar-refractivity contribution < 1.29 is 38.1 Å². The number of halogens is 3. The van der Waals surface area contributed by atoms with E-state index < -0.39 is 17.1 Å². The van der Waals surface area contributed by atoms with Gasteiger partial charge in [-0.05, 0) is 43.5 Å². The first kappa shape index (κ1) is 29.0. The second kappa shape index (κ2) is 12.8. The molecule has 0 bridgehead atoms. The number of carboxylic acids is 1. The molecule has 0 atom stereocenters. The number of carboxylic acid groups (broad SMARTS) is 1. The Morgan fingerprint density at radius 3 is 2.21 bits per heavy atom. The first-order valence-corrected chi connectivity index (χ1v) is 12.8. The number of nitro groups is 1. The van der Waals surface area contributed by atoms with Crippen LogP contribution >= 0.6 is 11.8 Å². The highest BCUT2D eigenvalue weighted by molar-refractivity contribution is 7.99. The lowest BCUT2D eigenvalue weighted by atomic mass is 10.1. The minimum absolute atomic E-state index is 0.114. The highest BCUT2D eigenvalue weighted by atomic mass is 32.2. The smallest absolute Gasteiger partial charge is 0.430 e. The van der Waals surface area contributed by atoms with Crippen LogP contribution in [-0.2, 0) is 4.79 Å². The van der Waals surface area contributed by atoms with Crippen LogP contribution in [0.15, 0.2) is 46.2 Å². The molecule has 4 rings (SSSR count). The van der Waals surface area contributed by atoms with E-state index >= 15 is 0 Å². The van der Waals surface area contributed by atoms with Crippen molar-refractivity contribution in [1.29, 1.82) is 0 Å². The van der Waals surface area contributed by atoms with Gasteiger partial charge in [-0.1, -0.05) is 17.8 Å². The maximum absolute atomic E-state index is 13.2. The minimum Gasteiger partial charge on any atom is -0.542 e. The molecular formula is C24H28F3N5O5S. The summed E-state index contributed by atoms with van der Waals surface area (Å²) in [6.07, 6.45) is -1.92. The minimum atomic E-state index is -5.19. The van der Waals surface area contributed by atoms with Gasteiger partial charge in [-0.15, -0.1) is 0 Å². The molecule has 2 aliphatic heterocycles. The zero-order valence-electron chi connectivity index (χ0n) is 20.4. The first-order chi connectivity index (χ1) is 18.0. The zero-order chi connectivity index (χ0) is 27.9. The molecule has 206 valence electrons. The van der Waals surface area contributed by atoms with Gasteiger partial charge >= 0.3 is 6.18 Å². The third kappa shape index (κ3) is 7.74. The van der Waals surface area contributed by atoms with Crippen molar-refractivity contribution in [3.63, 3.8) is 0 Å². The van der Waals surface area contributed by atoms with Crippen molar-refractivity contribution in [2.75, 3.05) is 49.9 Å². The summed E-state index contributed by atoms with van der Waals surface area (Å²) >= 11 is 1.50. The number of anilines is 2. The van der Waals surface area contributed by atoms with Gasteiger partial charge in [0, 0.05) is 34.6 Å². The maximum atomic E-state index is 13.2. The molecule has 0 saturated carbocycles. The van der Waals surface area contributed by atoms with Gasteiger partial charge in [-0.25, -0.2) is 0 Å². The highest BCUT2D eigenvalue weighted by Crippen LogP contribution is 2.41. The largest absolute Gasteiger partial charge is 0.542 e. The van der Waals surface area contributed by atoms with Gasteiger partial charge < -0.3 is 30.8 Å². The number of benzene rings is 2. The predicted molar refractivity (Wildman–Crippen MR) is 133 cm³/mol. The molecule has 2 aliphatic rings. The fraction of sp³-hybridized carbons (Fsp3) is 0.417. The number of alkyl halides is 3. The molecule has 4 N–H and O–H groups in total. The van der Waals surface area contributed by atoms with Crippen LogP contribution < -0.4 is 21.1 Å². The van der Waals surface area contributed by atoms with Crippen LogP contribution in [0.3, 0.4) is 0 Å². The van der Waals surface area contributed by atoms with Crippen molar-refractivity contribution >= 4 is 40.7 Å². The Bertz CT molecular complexity index is 1170. The molecule has 0 radical (unpaired) electrons. The van der Waals surface area contributed by atoms with Crippen LogP contribution in [-0.4, -0.2) is 67.1 Å². The lowest BCUT2D eigenvalue weighted by Crippen LogP contribution is -2.89. The average Bonchev–Trinajstić information content (AvgIpc) is 2.89. The zero-order valence-corrected chi connectivity index (χ0v) is 21.2. The second-order valence-corrected chi connectivity index (χ2v) is 9.88. The number of nitrogens with two attached hydrogens (primary N) is 2. The monoisotopic (exact) mass is 555 g/mol. The van der Waals surface area contributed by atoms with Gasteiger partial charge in [-0.2, -0.15) is 13.2 Å². The van der Waals surface area contributed by atoms with Crippen molar-refractivity contribution in [2.45, 2.75) is 35.2 Å². The molecule has 0 unspecified atom stereocenters. The molecule has 10 nitrogen and oxygen atoms in total. The van der Waals surface area contributed by atoms with Crippen LogP contribution in [0.5, 0.6) is 0 Å². The Morgan fingerprint density at radius 1 is 1.03 bits per heavy atom. The molecule has 2 heterocycles. The number of nitrogens with zero attached hydrogens (tertiary/aromatic N) is 3. The summed E-state index contributed by atoms with van der Waals surface area (Å²) in [5, 5.41) is 22.9. The number of carbonyl (C=O) groups excluding carboxylic acids is 2. The molecule has 1 amide bonds. The quantitative estimate of drug-likeness (QED) is 0.321. The lowest BCUT2D eigenvalue weighted by molar-refractivity contribution is -0.661. The molecule has 0 spiro atoms. The van der Waals surface area contributed by atoms with Gasteiger partial charge in [0.1, 0.15) is 11.5 Å². The van der Waals surface area contributed by atoms with Crippen molar-refractivity contribution in [1.82, 2.24) is 4.90 Å². The van der Waals surface area contributed by atoms with E-state index in [4.69, 9.17) is 15.6 Å². The van der Waals surface area contributed by atoms with E-state index in [0.717, 1.165) is 54.5 Å². The Morgan fingerprint density at radius 2 is 1.66 bits per heavy atom. The molecule has 2 aromatic carbocycles. The standard InChI is InChI=1S/C22H27N5O3S.C2HF3O2/c23-16-5-4-6-17(13-16)31-21-14-18(22(28)26-11-7-24-8-12-26)19(27(29)30)15-20(21)25-9-2-1-3-10-25;3-2(4,5)1(6)7/h4-6,13-15,24H,1-3,7-12,23H2;(H,6,7). The molecule has 38 heavy (non-hydrogen) atoms. The van der Waals surface area contributed by atoms with Gasteiger partial charge in [-0.3, -0.25) is 14.9 Å². The van der Waals surface area contributed by atoms with Gasteiger partial charge in [0.15, 0.2) is 0 Å². The average molecular weight is 556 g/mol. The number of quaternary nitrogens is 1. The number of rotatable bonds is 5. The van der Waals surface area contributed by atoms with Crippen LogP contribution in [0.2, 0.25) is 0 Å². The second-order valence-electron chi connectivity index (χ2n) is 8.76. The molecule has 2 aromatic rings. The lowest BCUT2D eigenvalue weighted by Gasteiger charge is -2.31. The number of amides is 1. The van der Waals surface area contributed by atoms with Crippen molar-refractivity contribution in [2.24, 2.45) is 0 Å². The number of nitrogen functional groups attached to an aromatic ring is 1. The van der Waals surface area contributed by atoms with Crippen molar-refractivity contribution in [3.8, 4) is 0 Å². The van der Waals surface area contributed by atoms with E-state index in [1.54, 1.807) is 17.0 Å². The van der Waals surface area contributed by atoms with Crippen LogP contribution in [0.1, 0.15) is 29.6 Å². The Hall–Kier alpha value is -3.52. The Kier molecular flexibility index (Phi) is 9.80. The highest BCUT2D eigenvalue weighted by Gasteiger charge is 2.30. The van der Waals surface area contributed by atoms with Crippen molar-refractivity contribution in [3.05, 3.63) is 52.1 Å². The van der Waals surface area contributed by atoms with E-state index in [0.29, 0.717) is 18.8 Å². The normalized spacial score (nSPS) is 15.9. The van der Waals surface area contributed by atoms with Gasteiger partial charge in [0.25, 0.3) is 11.6 Å². The predicted octanol–water partition coefficient (Wildman–Crippen LogP) is 1.64. The van der Waals surface area contributed by atoms with E-state index in [2.05, 4.69) is 10.2 Å². The van der Waals surface area contributed by atoms with Gasteiger partial charge in [0.05, 0.1) is 36.8 Å². The van der Waals surface area contributed by atoms with Crippen LogP contribution in [0.4, 0.5) is 30.2 Å². The summed E-state index contributed by atoms with van der Waals surface area (Å²) in [7, 11) is 0. The fourth-order valence-corrected chi connectivity index (χ4v) is 5.24. The summed E-state index contributed by atoms with van der Waals surface area (Å²) in [5.41, 5.74) is 7.49. The van der Waals surface area contributed by atoms with Crippen LogP contribution in [0, 0.1) is 10.1 Å². The number of hydrogen-bond donors (Lipinski definition) is 2. The molecule has 0 aromatic heterocycles. The third-order valence-corrected chi connectivity index (χ3v) is 7.05. The summed E-state index contributed by atoms with van der Waals surface area (Å²) in [6.45, 7) is 4.55. The summed E-state index contributed by atoms with van der Waals surface area (Å²) in [4.78, 5) is 39.3. The van der Waals surface area contributed by atoms with Gasteiger partial charge in [0.2, 0.25) is 0 Å². The summed E-state index contributed by atoms with van der Waals surface area (Å²) in [6, 6.07) is 10.9. The molecular weight excluding hydrogens is 527 g/mol. The Labute approximate surface area is 221 Å². The first-order valence-electron chi connectivity index (χ1n) is 12.0.